The third-order valence-electron chi connectivity index (χ3n) is 2.83. The van der Waals surface area contributed by atoms with E-state index in [0.717, 1.165) is 0 Å². The van der Waals surface area contributed by atoms with Crippen LogP contribution < -0.4 is 25.3 Å². The first-order valence-electron chi connectivity index (χ1n) is 6.06. The van der Waals surface area contributed by atoms with Gasteiger partial charge in [0.2, 0.25) is 5.75 Å². The highest BCUT2D eigenvalue weighted by Crippen LogP contribution is 2.38. The molecular formula is C13H19N3O5. The fourth-order valence-electron chi connectivity index (χ4n) is 1.65. The van der Waals surface area contributed by atoms with E-state index in [0.29, 0.717) is 22.8 Å². The molecule has 0 fully saturated rings. The van der Waals surface area contributed by atoms with Crippen LogP contribution in [0.2, 0.25) is 0 Å². The Morgan fingerprint density at radius 1 is 1.24 bits per heavy atom. The summed E-state index contributed by atoms with van der Waals surface area (Å²) in [7, 11) is 4.39. The molecule has 8 heteroatoms. The number of hydrogen-bond donors (Lipinski definition) is 3. The molecule has 21 heavy (non-hydrogen) atoms. The number of carbonyl (C=O) groups excluding carboxylic acids is 1. The van der Waals surface area contributed by atoms with Crippen LogP contribution in [0, 0.1) is 0 Å². The minimum absolute atomic E-state index is 0.101. The first-order valence-corrected chi connectivity index (χ1v) is 6.06. The quantitative estimate of drug-likeness (QED) is 0.306. The molecule has 0 saturated heterocycles. The topological polar surface area (TPSA) is 115 Å². The molecule has 1 rings (SSSR count). The summed E-state index contributed by atoms with van der Waals surface area (Å²) in [4.78, 5) is 12.2. The molecule has 1 unspecified atom stereocenters. The van der Waals surface area contributed by atoms with Crippen molar-refractivity contribution in [2.45, 2.75) is 13.0 Å². The third-order valence-corrected chi connectivity index (χ3v) is 2.83. The maximum absolute atomic E-state index is 12.2. The first kappa shape index (κ1) is 16.4. The number of amides is 1. The number of oxime groups is 1. The van der Waals surface area contributed by atoms with Gasteiger partial charge in [-0.15, -0.1) is 0 Å². The molecule has 8 nitrogen and oxygen atoms in total. The first-order chi connectivity index (χ1) is 9.98. The number of carbonyl (C=O) groups is 1. The third kappa shape index (κ3) is 3.68. The average Bonchev–Trinajstić information content (AvgIpc) is 2.51. The van der Waals surface area contributed by atoms with Crippen LogP contribution in [0.4, 0.5) is 0 Å². The standard InChI is InChI=1S/C13H19N3O5/c1-7(12(14)16-18)15-13(17)8-5-9(19-2)11(21-4)10(6-8)20-3/h5-7,18H,1-4H3,(H2,14,16)(H,15,17). The Labute approximate surface area is 122 Å². The molecule has 0 aliphatic rings. The van der Waals surface area contributed by atoms with E-state index in [2.05, 4.69) is 10.5 Å². The van der Waals surface area contributed by atoms with Crippen LogP contribution in [0.3, 0.4) is 0 Å². The molecule has 0 aromatic heterocycles. The Morgan fingerprint density at radius 2 is 1.76 bits per heavy atom. The molecule has 1 aromatic carbocycles. The molecule has 0 radical (unpaired) electrons. The van der Waals surface area contributed by atoms with Gasteiger partial charge >= 0.3 is 0 Å². The van der Waals surface area contributed by atoms with Gasteiger partial charge in [0.25, 0.3) is 5.91 Å². The van der Waals surface area contributed by atoms with Gasteiger partial charge in [-0.3, -0.25) is 4.79 Å². The van der Waals surface area contributed by atoms with Gasteiger partial charge in [0, 0.05) is 5.56 Å². The van der Waals surface area contributed by atoms with Crippen molar-refractivity contribution in [3.63, 3.8) is 0 Å². The summed E-state index contributed by atoms with van der Waals surface area (Å²) in [6.07, 6.45) is 0. The van der Waals surface area contributed by atoms with E-state index < -0.39 is 11.9 Å². The van der Waals surface area contributed by atoms with Crippen LogP contribution in [-0.2, 0) is 0 Å². The molecule has 0 saturated carbocycles. The van der Waals surface area contributed by atoms with Crippen LogP contribution in [0.15, 0.2) is 17.3 Å². The van der Waals surface area contributed by atoms with Crippen molar-refractivity contribution in [1.82, 2.24) is 5.32 Å². The number of benzene rings is 1. The largest absolute Gasteiger partial charge is 0.493 e. The summed E-state index contributed by atoms with van der Waals surface area (Å²) in [6.45, 7) is 1.59. The smallest absolute Gasteiger partial charge is 0.252 e. The van der Waals surface area contributed by atoms with E-state index in [1.807, 2.05) is 0 Å². The summed E-state index contributed by atoms with van der Waals surface area (Å²) < 4.78 is 15.5. The number of nitrogens with two attached hydrogens (primary N) is 1. The monoisotopic (exact) mass is 297 g/mol. The molecule has 0 heterocycles. The Morgan fingerprint density at radius 3 is 2.14 bits per heavy atom. The van der Waals surface area contributed by atoms with Crippen molar-refractivity contribution in [3.05, 3.63) is 17.7 Å². The van der Waals surface area contributed by atoms with E-state index in [4.69, 9.17) is 25.2 Å². The van der Waals surface area contributed by atoms with Gasteiger partial charge in [-0.25, -0.2) is 0 Å². The van der Waals surface area contributed by atoms with E-state index in [1.54, 1.807) is 6.92 Å². The number of amidine groups is 1. The molecule has 0 aliphatic carbocycles. The Hall–Kier alpha value is -2.64. The number of nitrogens with one attached hydrogen (secondary N) is 1. The number of nitrogens with zero attached hydrogens (tertiary/aromatic N) is 1. The zero-order valence-electron chi connectivity index (χ0n) is 12.3. The predicted molar refractivity (Wildman–Crippen MR) is 76.4 cm³/mol. The predicted octanol–water partition coefficient (Wildman–Crippen LogP) is 0.577. The fraction of sp³-hybridized carbons (Fsp3) is 0.385. The van der Waals surface area contributed by atoms with Crippen molar-refractivity contribution >= 4 is 11.7 Å². The molecule has 116 valence electrons. The molecule has 0 aliphatic heterocycles. The van der Waals surface area contributed by atoms with Gasteiger partial charge < -0.3 is 30.5 Å². The van der Waals surface area contributed by atoms with E-state index in [-0.39, 0.29) is 5.84 Å². The van der Waals surface area contributed by atoms with Crippen LogP contribution in [-0.4, -0.2) is 44.3 Å². The number of methoxy groups -OCH3 is 3. The normalized spacial score (nSPS) is 12.5. The Balaban J connectivity index is 3.10. The lowest BCUT2D eigenvalue weighted by Gasteiger charge is -2.16. The average molecular weight is 297 g/mol. The van der Waals surface area contributed by atoms with Gasteiger partial charge in [0.05, 0.1) is 27.4 Å². The summed E-state index contributed by atoms with van der Waals surface area (Å²) in [6, 6.07) is 2.40. The van der Waals surface area contributed by atoms with Gasteiger partial charge in [-0.05, 0) is 19.1 Å². The molecular weight excluding hydrogens is 278 g/mol. The summed E-state index contributed by atoms with van der Waals surface area (Å²) in [5.74, 6) is 0.585. The highest BCUT2D eigenvalue weighted by Gasteiger charge is 2.19. The maximum Gasteiger partial charge on any atom is 0.252 e. The lowest BCUT2D eigenvalue weighted by atomic mass is 10.1. The molecule has 1 atom stereocenters. The van der Waals surface area contributed by atoms with Crippen LogP contribution >= 0.6 is 0 Å². The SMILES string of the molecule is COc1cc(C(=O)NC(C)/C(N)=N/O)cc(OC)c1OC. The van der Waals surface area contributed by atoms with Crippen molar-refractivity contribution in [3.8, 4) is 17.2 Å². The summed E-state index contributed by atoms with van der Waals surface area (Å²) >= 11 is 0. The summed E-state index contributed by atoms with van der Waals surface area (Å²) in [5, 5.41) is 14.0. The van der Waals surface area contributed by atoms with Gasteiger partial charge in [0.15, 0.2) is 17.3 Å². The number of ether oxygens (including phenoxy) is 3. The molecule has 1 aromatic rings. The summed E-state index contributed by atoms with van der Waals surface area (Å²) in [5.41, 5.74) is 5.71. The molecule has 0 bridgehead atoms. The molecule has 4 N–H and O–H groups in total. The lowest BCUT2D eigenvalue weighted by molar-refractivity contribution is 0.0948. The van der Waals surface area contributed by atoms with Gasteiger partial charge in [0.1, 0.15) is 0 Å². The van der Waals surface area contributed by atoms with Crippen LogP contribution in [0.5, 0.6) is 17.2 Å². The van der Waals surface area contributed by atoms with Crippen molar-refractivity contribution in [2.75, 3.05) is 21.3 Å². The Kier molecular flexibility index (Phi) is 5.65. The van der Waals surface area contributed by atoms with Crippen molar-refractivity contribution in [2.24, 2.45) is 10.9 Å². The maximum atomic E-state index is 12.2. The lowest BCUT2D eigenvalue weighted by Crippen LogP contribution is -2.42. The zero-order chi connectivity index (χ0) is 16.0. The highest BCUT2D eigenvalue weighted by molar-refractivity contribution is 5.99. The van der Waals surface area contributed by atoms with E-state index in [9.17, 15) is 4.79 Å². The van der Waals surface area contributed by atoms with Crippen LogP contribution in [0.25, 0.3) is 0 Å². The highest BCUT2D eigenvalue weighted by atomic mass is 16.5. The number of hydrogen-bond acceptors (Lipinski definition) is 6. The van der Waals surface area contributed by atoms with Gasteiger partial charge in [-0.2, -0.15) is 0 Å². The second kappa shape index (κ2) is 7.22. The van der Waals surface area contributed by atoms with Gasteiger partial charge in [-0.1, -0.05) is 5.16 Å². The van der Waals surface area contributed by atoms with Crippen molar-refractivity contribution in [1.29, 1.82) is 0 Å². The van der Waals surface area contributed by atoms with Crippen molar-refractivity contribution < 1.29 is 24.2 Å². The molecule has 0 spiro atoms. The second-order valence-corrected chi connectivity index (χ2v) is 4.13. The second-order valence-electron chi connectivity index (χ2n) is 4.13. The zero-order valence-corrected chi connectivity index (χ0v) is 12.3. The van der Waals surface area contributed by atoms with E-state index in [1.165, 1.54) is 33.5 Å². The minimum Gasteiger partial charge on any atom is -0.493 e. The minimum atomic E-state index is -0.624. The van der Waals surface area contributed by atoms with E-state index >= 15 is 0 Å². The van der Waals surface area contributed by atoms with Crippen LogP contribution in [0.1, 0.15) is 17.3 Å². The fourth-order valence-corrected chi connectivity index (χ4v) is 1.65. The Bertz CT molecular complexity index is 520. The number of rotatable bonds is 6. The molecule has 1 amide bonds.